The third-order valence-corrected chi connectivity index (χ3v) is 3.67. The average Bonchev–Trinajstić information content (AvgIpc) is 2.64. The van der Waals surface area contributed by atoms with Gasteiger partial charge in [-0.15, -0.1) is 0 Å². The van der Waals surface area contributed by atoms with Gasteiger partial charge in [0.15, 0.2) is 0 Å². The van der Waals surface area contributed by atoms with Crippen LogP contribution in [0.3, 0.4) is 0 Å². The molecule has 0 bridgehead atoms. The Morgan fingerprint density at radius 3 is 2.36 bits per heavy atom. The molecule has 0 aliphatic heterocycles. The summed E-state index contributed by atoms with van der Waals surface area (Å²) in [7, 11) is 0. The Kier molecular flexibility index (Phi) is 4.63. The second kappa shape index (κ2) is 7.20. The molecule has 0 aliphatic rings. The SMILES string of the molecule is N#C/C(=C/Nc1ccc2ccccc2c1)C(=O)Nc1ccc(N)cc1. The van der Waals surface area contributed by atoms with Crippen LogP contribution in [0.1, 0.15) is 0 Å². The Labute approximate surface area is 145 Å². The van der Waals surface area contributed by atoms with Gasteiger partial charge in [0.25, 0.3) is 5.91 Å². The highest BCUT2D eigenvalue weighted by Crippen LogP contribution is 2.19. The first-order valence-electron chi connectivity index (χ1n) is 7.68. The lowest BCUT2D eigenvalue weighted by Crippen LogP contribution is -2.14. The van der Waals surface area contributed by atoms with Crippen LogP contribution < -0.4 is 16.4 Å². The minimum absolute atomic E-state index is 0.0232. The fraction of sp³-hybridized carbons (Fsp3) is 0. The van der Waals surface area contributed by atoms with E-state index in [0.29, 0.717) is 11.4 Å². The van der Waals surface area contributed by atoms with E-state index >= 15 is 0 Å². The van der Waals surface area contributed by atoms with Crippen LogP contribution in [0.2, 0.25) is 0 Å². The molecule has 5 nitrogen and oxygen atoms in total. The van der Waals surface area contributed by atoms with Gasteiger partial charge in [-0.25, -0.2) is 0 Å². The zero-order valence-electron chi connectivity index (χ0n) is 13.4. The van der Waals surface area contributed by atoms with Crippen LogP contribution in [0.5, 0.6) is 0 Å². The van der Waals surface area contributed by atoms with Crippen molar-refractivity contribution >= 4 is 33.7 Å². The number of carbonyl (C=O) groups excluding carboxylic acids is 1. The molecule has 3 aromatic rings. The van der Waals surface area contributed by atoms with Gasteiger partial charge in [0.2, 0.25) is 0 Å². The van der Waals surface area contributed by atoms with E-state index in [9.17, 15) is 10.1 Å². The molecule has 0 spiro atoms. The molecule has 4 N–H and O–H groups in total. The van der Waals surface area contributed by atoms with Gasteiger partial charge in [0.05, 0.1) is 0 Å². The number of hydrogen-bond acceptors (Lipinski definition) is 4. The number of nitrogens with one attached hydrogen (secondary N) is 2. The molecule has 0 saturated heterocycles. The summed E-state index contributed by atoms with van der Waals surface area (Å²) in [6.07, 6.45) is 1.40. The van der Waals surface area contributed by atoms with Crippen LogP contribution in [0, 0.1) is 11.3 Å². The number of hydrogen-bond donors (Lipinski definition) is 3. The molecule has 1 amide bonds. The molecule has 0 saturated carbocycles. The third kappa shape index (κ3) is 3.95. The first kappa shape index (κ1) is 16.1. The largest absolute Gasteiger partial charge is 0.399 e. The van der Waals surface area contributed by atoms with Crippen molar-refractivity contribution in [2.45, 2.75) is 0 Å². The monoisotopic (exact) mass is 328 g/mol. The van der Waals surface area contributed by atoms with Crippen LogP contribution in [0.4, 0.5) is 17.1 Å². The Bertz CT molecular complexity index is 984. The van der Waals surface area contributed by atoms with Crippen molar-refractivity contribution in [3.8, 4) is 6.07 Å². The number of rotatable bonds is 4. The summed E-state index contributed by atoms with van der Waals surface area (Å²) < 4.78 is 0. The highest BCUT2D eigenvalue weighted by Gasteiger charge is 2.09. The predicted molar refractivity (Wildman–Crippen MR) is 101 cm³/mol. The number of anilines is 3. The van der Waals surface area contributed by atoms with Gasteiger partial charge >= 0.3 is 0 Å². The second-order valence-electron chi connectivity index (χ2n) is 5.45. The Morgan fingerprint density at radius 1 is 0.960 bits per heavy atom. The van der Waals surface area contributed by atoms with Crippen LogP contribution in [-0.4, -0.2) is 5.91 Å². The first-order chi connectivity index (χ1) is 12.2. The molecule has 3 rings (SSSR count). The minimum Gasteiger partial charge on any atom is -0.399 e. The molecule has 0 radical (unpaired) electrons. The maximum atomic E-state index is 12.2. The smallest absolute Gasteiger partial charge is 0.267 e. The molecule has 0 unspecified atom stereocenters. The lowest BCUT2D eigenvalue weighted by Gasteiger charge is -2.06. The van der Waals surface area contributed by atoms with E-state index in [-0.39, 0.29) is 5.57 Å². The molecule has 25 heavy (non-hydrogen) atoms. The van der Waals surface area contributed by atoms with Crippen LogP contribution in [0.25, 0.3) is 10.8 Å². The van der Waals surface area contributed by atoms with E-state index in [1.807, 2.05) is 48.5 Å². The van der Waals surface area contributed by atoms with Gasteiger partial charge in [0.1, 0.15) is 11.6 Å². The van der Waals surface area contributed by atoms with Crippen molar-refractivity contribution in [3.63, 3.8) is 0 Å². The number of fused-ring (bicyclic) bond motifs is 1. The summed E-state index contributed by atoms with van der Waals surface area (Å²) in [4.78, 5) is 12.2. The van der Waals surface area contributed by atoms with E-state index in [1.54, 1.807) is 24.3 Å². The maximum Gasteiger partial charge on any atom is 0.267 e. The quantitative estimate of drug-likeness (QED) is 0.385. The lowest BCUT2D eigenvalue weighted by molar-refractivity contribution is -0.112. The fourth-order valence-electron chi connectivity index (χ4n) is 2.35. The zero-order valence-corrected chi connectivity index (χ0v) is 13.4. The van der Waals surface area contributed by atoms with Crippen molar-refractivity contribution in [1.82, 2.24) is 0 Å². The highest BCUT2D eigenvalue weighted by atomic mass is 16.1. The molecule has 3 aromatic carbocycles. The van der Waals surface area contributed by atoms with E-state index in [0.717, 1.165) is 16.5 Å². The average molecular weight is 328 g/mol. The summed E-state index contributed by atoms with van der Waals surface area (Å²) in [5, 5.41) is 17.1. The van der Waals surface area contributed by atoms with Crippen molar-refractivity contribution in [1.29, 1.82) is 5.26 Å². The molecular formula is C20H16N4O. The third-order valence-electron chi connectivity index (χ3n) is 3.67. The molecule has 122 valence electrons. The normalized spacial score (nSPS) is 10.9. The summed E-state index contributed by atoms with van der Waals surface area (Å²) in [6, 6.07) is 22.4. The maximum absolute atomic E-state index is 12.2. The van der Waals surface area contributed by atoms with E-state index in [2.05, 4.69) is 10.6 Å². The second-order valence-corrected chi connectivity index (χ2v) is 5.45. The summed E-state index contributed by atoms with van der Waals surface area (Å²) in [5.41, 5.74) is 7.56. The van der Waals surface area contributed by atoms with Gasteiger partial charge in [-0.2, -0.15) is 5.26 Å². The van der Waals surface area contributed by atoms with Crippen LogP contribution in [-0.2, 0) is 4.79 Å². The van der Waals surface area contributed by atoms with E-state index < -0.39 is 5.91 Å². The van der Waals surface area contributed by atoms with Gasteiger partial charge in [0, 0.05) is 23.3 Å². The van der Waals surface area contributed by atoms with E-state index in [1.165, 1.54) is 6.20 Å². The number of nitrogen functional groups attached to an aromatic ring is 1. The van der Waals surface area contributed by atoms with Crippen LogP contribution in [0.15, 0.2) is 78.5 Å². The topological polar surface area (TPSA) is 90.9 Å². The minimum atomic E-state index is -0.486. The highest BCUT2D eigenvalue weighted by molar-refractivity contribution is 6.06. The summed E-state index contributed by atoms with van der Waals surface area (Å²) >= 11 is 0. The number of nitrogens with zero attached hydrogens (tertiary/aromatic N) is 1. The Balaban J connectivity index is 1.73. The number of benzene rings is 3. The standard InChI is InChI=1S/C20H16N4O/c21-12-16(20(25)24-18-9-6-17(22)7-10-18)13-23-19-8-5-14-3-1-2-4-15(14)11-19/h1-11,13,23H,22H2,(H,24,25)/b16-13-. The summed E-state index contributed by atoms with van der Waals surface area (Å²) in [6.45, 7) is 0. The van der Waals surface area contributed by atoms with Crippen molar-refractivity contribution < 1.29 is 4.79 Å². The number of nitrogens with two attached hydrogens (primary N) is 1. The number of amides is 1. The Hall–Kier alpha value is -3.78. The Morgan fingerprint density at radius 2 is 1.64 bits per heavy atom. The van der Waals surface area contributed by atoms with Gasteiger partial charge in [-0.05, 0) is 47.2 Å². The summed E-state index contributed by atoms with van der Waals surface area (Å²) in [5.74, 6) is -0.486. The zero-order chi connectivity index (χ0) is 17.6. The predicted octanol–water partition coefficient (Wildman–Crippen LogP) is 3.88. The lowest BCUT2D eigenvalue weighted by atomic mass is 10.1. The molecule has 0 aromatic heterocycles. The van der Waals surface area contributed by atoms with Crippen molar-refractivity contribution in [2.24, 2.45) is 0 Å². The van der Waals surface area contributed by atoms with E-state index in [4.69, 9.17) is 5.73 Å². The molecule has 0 aliphatic carbocycles. The van der Waals surface area contributed by atoms with Gasteiger partial charge < -0.3 is 16.4 Å². The van der Waals surface area contributed by atoms with Gasteiger partial charge in [-0.3, -0.25) is 4.79 Å². The molecule has 5 heteroatoms. The number of carbonyl (C=O) groups is 1. The molecule has 0 heterocycles. The van der Waals surface area contributed by atoms with Gasteiger partial charge in [-0.1, -0.05) is 30.3 Å². The van der Waals surface area contributed by atoms with Crippen molar-refractivity contribution in [2.75, 3.05) is 16.4 Å². The molecular weight excluding hydrogens is 312 g/mol. The molecule has 0 atom stereocenters. The van der Waals surface area contributed by atoms with Crippen LogP contribution >= 0.6 is 0 Å². The first-order valence-corrected chi connectivity index (χ1v) is 7.68. The fourth-order valence-corrected chi connectivity index (χ4v) is 2.35. The van der Waals surface area contributed by atoms with Crippen molar-refractivity contribution in [3.05, 3.63) is 78.5 Å². The number of nitriles is 1. The molecule has 0 fully saturated rings.